The number of rotatable bonds is 12. The molecule has 1 aliphatic carbocycles. The van der Waals surface area contributed by atoms with E-state index in [2.05, 4.69) is 10.6 Å². The van der Waals surface area contributed by atoms with Crippen LogP contribution in [0.25, 0.3) is 11.1 Å². The summed E-state index contributed by atoms with van der Waals surface area (Å²) in [6.07, 6.45) is -14.7. The third-order valence-electron chi connectivity index (χ3n) is 11.0. The zero-order valence-electron chi connectivity index (χ0n) is 31.6. The lowest BCUT2D eigenvalue weighted by molar-refractivity contribution is -0.386. The normalized spacial score (nSPS) is 30.2. The number of fused-ring (bicyclic) bond motifs is 4. The molecule has 3 fully saturated rings. The molecule has 7 N–H and O–H groups in total. The van der Waals surface area contributed by atoms with E-state index in [1.807, 2.05) is 66.7 Å². The molecule has 16 heteroatoms. The number of carbonyl (C=O) groups excluding carboxylic acids is 2. The smallest absolute Gasteiger partial charge is 0.252 e. The van der Waals surface area contributed by atoms with Gasteiger partial charge in [0.25, 0.3) is 5.91 Å². The van der Waals surface area contributed by atoms with Crippen molar-refractivity contribution in [3.63, 3.8) is 0 Å². The summed E-state index contributed by atoms with van der Waals surface area (Å²) in [5.41, 5.74) is 5.47. The van der Waals surface area contributed by atoms with Crippen LogP contribution in [0.2, 0.25) is 5.02 Å². The Kier molecular flexibility index (Phi) is 12.7. The van der Waals surface area contributed by atoms with Gasteiger partial charge in [-0.2, -0.15) is 0 Å². The first-order valence-corrected chi connectivity index (χ1v) is 19.8. The van der Waals surface area contributed by atoms with E-state index in [0.29, 0.717) is 5.56 Å². The molecule has 0 spiro atoms. The summed E-state index contributed by atoms with van der Waals surface area (Å²) in [4.78, 5) is 26.2. The van der Waals surface area contributed by atoms with Crippen molar-refractivity contribution in [1.82, 2.24) is 10.6 Å². The summed E-state index contributed by atoms with van der Waals surface area (Å²) >= 11 is 6.38. The van der Waals surface area contributed by atoms with E-state index < -0.39 is 80.2 Å². The van der Waals surface area contributed by atoms with Crippen molar-refractivity contribution in [2.75, 3.05) is 19.8 Å². The minimum atomic E-state index is -1.69. The highest BCUT2D eigenvalue weighted by Gasteiger charge is 2.53. The molecule has 4 aromatic rings. The maximum absolute atomic E-state index is 13.2. The lowest BCUT2D eigenvalue weighted by Gasteiger charge is -2.48. The van der Waals surface area contributed by atoms with E-state index in [-0.39, 0.29) is 48.7 Å². The average Bonchev–Trinajstić information content (AvgIpc) is 3.57. The van der Waals surface area contributed by atoms with E-state index in [0.717, 1.165) is 27.8 Å². The lowest BCUT2D eigenvalue weighted by atomic mass is 9.96. The fourth-order valence-corrected chi connectivity index (χ4v) is 8.13. The van der Waals surface area contributed by atoms with E-state index in [9.17, 15) is 35.1 Å². The van der Waals surface area contributed by atoms with Gasteiger partial charge in [-0.05, 0) is 39.9 Å². The number of aliphatic hydroxyl groups excluding tert-OH is 5. The second-order valence-electron chi connectivity index (χ2n) is 14.8. The lowest BCUT2D eigenvalue weighted by Crippen LogP contribution is -2.65. The molecule has 0 saturated carbocycles. The highest BCUT2D eigenvalue weighted by Crippen LogP contribution is 2.43. The molecule has 3 heterocycles. The highest BCUT2D eigenvalue weighted by atomic mass is 35.5. The number of nitrogens with one attached hydrogen (secondary N) is 2. The Bertz CT molecular complexity index is 2060. The first-order chi connectivity index (χ1) is 28.6. The van der Waals surface area contributed by atoms with Crippen molar-refractivity contribution in [1.29, 1.82) is 0 Å². The van der Waals surface area contributed by atoms with Crippen LogP contribution < -0.4 is 10.6 Å². The molecule has 4 aliphatic rings. The summed E-state index contributed by atoms with van der Waals surface area (Å²) in [5, 5.41) is 60.3. The molecular weight excluding hydrogens is 788 g/mol. The van der Waals surface area contributed by atoms with Crippen LogP contribution in [0.15, 0.2) is 97.1 Å². The van der Waals surface area contributed by atoms with Crippen molar-refractivity contribution < 1.29 is 63.5 Å². The van der Waals surface area contributed by atoms with Crippen LogP contribution in [0, 0.1) is 0 Å². The minimum absolute atomic E-state index is 0.00316. The number of benzene rings is 4. The van der Waals surface area contributed by atoms with Gasteiger partial charge in [-0.1, -0.05) is 96.5 Å². The fourth-order valence-electron chi connectivity index (χ4n) is 7.93. The first kappa shape index (κ1) is 41.4. The molecule has 0 bridgehead atoms. The summed E-state index contributed by atoms with van der Waals surface area (Å²) in [7, 11) is 0. The molecular formula is C43H45ClN2O13. The number of halogens is 1. The van der Waals surface area contributed by atoms with Gasteiger partial charge in [-0.15, -0.1) is 0 Å². The maximum Gasteiger partial charge on any atom is 0.252 e. The van der Waals surface area contributed by atoms with Crippen LogP contribution in [0.3, 0.4) is 0 Å². The van der Waals surface area contributed by atoms with Gasteiger partial charge in [-0.3, -0.25) is 9.59 Å². The minimum Gasteiger partial charge on any atom is -0.394 e. The molecule has 59 heavy (non-hydrogen) atoms. The molecule has 0 aromatic heterocycles. The number of hydrogen-bond acceptors (Lipinski definition) is 13. The zero-order valence-corrected chi connectivity index (χ0v) is 32.3. The Morgan fingerprint density at radius 2 is 1.46 bits per heavy atom. The highest BCUT2D eigenvalue weighted by molar-refractivity contribution is 6.33. The van der Waals surface area contributed by atoms with Crippen molar-refractivity contribution in [3.05, 3.63) is 130 Å². The summed E-state index contributed by atoms with van der Waals surface area (Å²) in [6, 6.07) is 29.2. The summed E-state index contributed by atoms with van der Waals surface area (Å²) < 4.78 is 35.0. The fraction of sp³-hybridized carbons (Fsp3) is 0.395. The third kappa shape index (κ3) is 8.65. The van der Waals surface area contributed by atoms with Crippen LogP contribution in [-0.4, -0.2) is 119 Å². The molecule has 2 amide bonds. The van der Waals surface area contributed by atoms with Crippen LogP contribution in [-0.2, 0) is 39.8 Å². The molecule has 11 atom stereocenters. The van der Waals surface area contributed by atoms with E-state index in [1.165, 1.54) is 12.1 Å². The third-order valence-corrected chi connectivity index (χ3v) is 11.3. The molecule has 0 radical (unpaired) electrons. The van der Waals surface area contributed by atoms with E-state index in [1.54, 1.807) is 18.2 Å². The summed E-state index contributed by atoms with van der Waals surface area (Å²) in [6.45, 7) is -0.840. The number of amides is 2. The van der Waals surface area contributed by atoms with Crippen LogP contribution >= 0.6 is 11.6 Å². The SMILES string of the molecule is O=C(CCNC(=O)c1cc(CO[C@@H]2O[C@H](CO)[C@@H](O[C@H]3O[C@@H]4COC(c5ccccc5)O[C@H]4[C@H](O)[C@H]3O)[C@H](O)[C@H]2O)ccc1Cl)NC1c2ccccc2-c2ccccc21. The Morgan fingerprint density at radius 1 is 0.780 bits per heavy atom. The standard InChI is InChI=1S/C43H45ClN2O13/c44-29-15-14-22(18-28(29)40(53)45-17-16-32(48)46-33-26-12-6-4-10-24(26)25-11-5-7-13-27(25)33)20-54-42-36(51)34(49)38(30(19-47)56-42)59-43-37(52)35(50)39-31(57-43)21-55-41(58-39)23-8-2-1-3-9-23/h1-15,18,30-31,33-39,41-43,47,49-52H,16-17,19-21H2,(H,45,53)(H,46,48)/t30-,31-,34-,35-,36-,37-,38-,39-,41?,42-,43-/m1/s1. The molecule has 8 rings (SSSR count). The average molecular weight is 833 g/mol. The molecule has 3 saturated heterocycles. The maximum atomic E-state index is 13.2. The van der Waals surface area contributed by atoms with Gasteiger partial charge in [0.1, 0.15) is 48.8 Å². The molecule has 3 aliphatic heterocycles. The van der Waals surface area contributed by atoms with Gasteiger partial charge < -0.3 is 64.6 Å². The van der Waals surface area contributed by atoms with Crippen molar-refractivity contribution in [3.8, 4) is 11.1 Å². The van der Waals surface area contributed by atoms with Gasteiger partial charge in [0.05, 0.1) is 36.4 Å². The van der Waals surface area contributed by atoms with Crippen molar-refractivity contribution in [2.24, 2.45) is 0 Å². The number of hydrogen-bond donors (Lipinski definition) is 7. The Morgan fingerprint density at radius 3 is 2.17 bits per heavy atom. The van der Waals surface area contributed by atoms with Gasteiger partial charge in [0.15, 0.2) is 18.9 Å². The zero-order chi connectivity index (χ0) is 41.2. The van der Waals surface area contributed by atoms with Crippen molar-refractivity contribution in [2.45, 2.75) is 86.8 Å². The quantitative estimate of drug-likeness (QED) is 0.109. The van der Waals surface area contributed by atoms with E-state index >= 15 is 0 Å². The Labute approximate surface area is 344 Å². The molecule has 1 unspecified atom stereocenters. The second kappa shape index (κ2) is 18.1. The monoisotopic (exact) mass is 832 g/mol. The van der Waals surface area contributed by atoms with E-state index in [4.69, 9.17) is 40.0 Å². The van der Waals surface area contributed by atoms with Gasteiger partial charge in [0.2, 0.25) is 5.91 Å². The second-order valence-corrected chi connectivity index (χ2v) is 15.2. The summed E-state index contributed by atoms with van der Waals surface area (Å²) in [5.74, 6) is -0.756. The van der Waals surface area contributed by atoms with Crippen LogP contribution in [0.5, 0.6) is 0 Å². The number of carbonyl (C=O) groups is 2. The van der Waals surface area contributed by atoms with Gasteiger partial charge in [-0.25, -0.2) is 0 Å². The molecule has 4 aromatic carbocycles. The Hall–Kier alpha value is -4.33. The number of ether oxygens (including phenoxy) is 6. The predicted octanol–water partition coefficient (Wildman–Crippen LogP) is 2.25. The predicted molar refractivity (Wildman–Crippen MR) is 208 cm³/mol. The molecule has 312 valence electrons. The topological polar surface area (TPSA) is 215 Å². The van der Waals surface area contributed by atoms with Gasteiger partial charge in [0, 0.05) is 18.5 Å². The van der Waals surface area contributed by atoms with Crippen LogP contribution in [0.1, 0.15) is 51.4 Å². The Balaban J connectivity index is 0.828. The first-order valence-electron chi connectivity index (χ1n) is 19.4. The largest absolute Gasteiger partial charge is 0.394 e. The number of aliphatic hydroxyl groups is 5. The van der Waals surface area contributed by atoms with Crippen LogP contribution in [0.4, 0.5) is 0 Å². The van der Waals surface area contributed by atoms with Gasteiger partial charge >= 0.3 is 0 Å². The molecule has 15 nitrogen and oxygen atoms in total. The van der Waals surface area contributed by atoms with Crippen molar-refractivity contribution >= 4 is 23.4 Å².